The van der Waals surface area contributed by atoms with Crippen molar-refractivity contribution in [1.29, 1.82) is 0 Å². The van der Waals surface area contributed by atoms with Crippen LogP contribution in [0, 0.1) is 0 Å². The Morgan fingerprint density at radius 2 is 1.93 bits per heavy atom. The highest BCUT2D eigenvalue weighted by molar-refractivity contribution is 6.00. The van der Waals surface area contributed by atoms with E-state index in [0.29, 0.717) is 36.1 Å². The number of amides is 2. The lowest BCUT2D eigenvalue weighted by Crippen LogP contribution is -2.42. The number of likely N-dealkylation sites (tertiary alicyclic amines) is 1. The topological polar surface area (TPSA) is 68.3 Å². The second kappa shape index (κ2) is 8.65. The van der Waals surface area contributed by atoms with Gasteiger partial charge in [0, 0.05) is 6.54 Å². The Balaban J connectivity index is 1.56. The number of hydrogen-bond acceptors (Lipinski definition) is 5. The maximum absolute atomic E-state index is 13.3. The highest BCUT2D eigenvalue weighted by Gasteiger charge is 2.33. The normalized spacial score (nSPS) is 18.5. The molecule has 0 aliphatic carbocycles. The molecule has 0 aromatic heterocycles. The van der Waals surface area contributed by atoms with E-state index < -0.39 is 0 Å². The first-order valence-electron chi connectivity index (χ1n) is 10.2. The van der Waals surface area contributed by atoms with E-state index in [4.69, 9.17) is 14.2 Å². The highest BCUT2D eigenvalue weighted by Crippen LogP contribution is 2.37. The summed E-state index contributed by atoms with van der Waals surface area (Å²) in [5.74, 6) is 1.76. The molecule has 4 rings (SSSR count). The summed E-state index contributed by atoms with van der Waals surface area (Å²) in [5.41, 5.74) is 1.65. The molecule has 0 unspecified atom stereocenters. The van der Waals surface area contributed by atoms with Gasteiger partial charge in [-0.3, -0.25) is 14.5 Å². The number of ether oxygens (including phenoxy) is 3. The fourth-order valence-corrected chi connectivity index (χ4v) is 4.19. The number of rotatable bonds is 5. The van der Waals surface area contributed by atoms with Gasteiger partial charge in [0.15, 0.2) is 11.5 Å². The summed E-state index contributed by atoms with van der Waals surface area (Å²) in [7, 11) is 3.20. The van der Waals surface area contributed by atoms with Crippen LogP contribution in [0.3, 0.4) is 0 Å². The van der Waals surface area contributed by atoms with Gasteiger partial charge < -0.3 is 19.1 Å². The molecule has 0 saturated carbocycles. The van der Waals surface area contributed by atoms with Crippen molar-refractivity contribution in [2.75, 3.05) is 38.8 Å². The molecule has 7 heteroatoms. The molecule has 158 valence electrons. The molecule has 2 aromatic rings. The van der Waals surface area contributed by atoms with Crippen molar-refractivity contribution in [2.45, 2.75) is 25.3 Å². The van der Waals surface area contributed by atoms with Crippen LogP contribution in [0.2, 0.25) is 0 Å². The first kappa shape index (κ1) is 20.1. The van der Waals surface area contributed by atoms with Gasteiger partial charge in [-0.15, -0.1) is 0 Å². The zero-order valence-electron chi connectivity index (χ0n) is 17.3. The Hall–Kier alpha value is -3.22. The van der Waals surface area contributed by atoms with Gasteiger partial charge in [0.1, 0.15) is 12.3 Å². The zero-order chi connectivity index (χ0) is 21.1. The first-order valence-corrected chi connectivity index (χ1v) is 10.2. The lowest BCUT2D eigenvalue weighted by atomic mass is 10.0. The molecule has 0 radical (unpaired) electrons. The van der Waals surface area contributed by atoms with E-state index in [1.54, 1.807) is 19.1 Å². The van der Waals surface area contributed by atoms with Crippen molar-refractivity contribution in [1.82, 2.24) is 4.90 Å². The summed E-state index contributed by atoms with van der Waals surface area (Å²) in [6.45, 7) is 0.986. The summed E-state index contributed by atoms with van der Waals surface area (Å²) in [6.07, 6.45) is 2.04. The van der Waals surface area contributed by atoms with Crippen LogP contribution in [0.15, 0.2) is 42.5 Å². The molecule has 1 fully saturated rings. The molecule has 2 aliphatic heterocycles. The largest absolute Gasteiger partial charge is 0.493 e. The monoisotopic (exact) mass is 410 g/mol. The molecular weight excluding hydrogens is 384 g/mol. The van der Waals surface area contributed by atoms with Gasteiger partial charge in [-0.05, 0) is 42.7 Å². The fourth-order valence-electron chi connectivity index (χ4n) is 4.19. The van der Waals surface area contributed by atoms with Crippen molar-refractivity contribution in [3.63, 3.8) is 0 Å². The molecule has 0 N–H and O–H groups in total. The molecule has 0 spiro atoms. The summed E-state index contributed by atoms with van der Waals surface area (Å²) < 4.78 is 16.4. The van der Waals surface area contributed by atoms with E-state index in [0.717, 1.165) is 18.4 Å². The van der Waals surface area contributed by atoms with Crippen LogP contribution in [-0.2, 0) is 9.59 Å². The van der Waals surface area contributed by atoms with E-state index in [9.17, 15) is 9.59 Å². The third-order valence-electron chi connectivity index (χ3n) is 5.69. The maximum atomic E-state index is 13.3. The summed E-state index contributed by atoms with van der Waals surface area (Å²) in [4.78, 5) is 29.4. The van der Waals surface area contributed by atoms with Gasteiger partial charge in [0.25, 0.3) is 0 Å². The van der Waals surface area contributed by atoms with Crippen LogP contribution < -0.4 is 19.1 Å². The van der Waals surface area contributed by atoms with E-state index in [2.05, 4.69) is 0 Å². The second-order valence-electron chi connectivity index (χ2n) is 7.41. The third-order valence-corrected chi connectivity index (χ3v) is 5.69. The Morgan fingerprint density at radius 3 is 2.73 bits per heavy atom. The third kappa shape index (κ3) is 3.79. The second-order valence-corrected chi connectivity index (χ2v) is 7.41. The number of fused-ring (bicyclic) bond motifs is 1. The van der Waals surface area contributed by atoms with Gasteiger partial charge >= 0.3 is 0 Å². The highest BCUT2D eigenvalue weighted by atomic mass is 16.5. The lowest BCUT2D eigenvalue weighted by molar-refractivity contribution is -0.132. The van der Waals surface area contributed by atoms with Crippen molar-refractivity contribution >= 4 is 17.5 Å². The predicted octanol–water partition coefficient (Wildman–Crippen LogP) is 3.18. The molecule has 7 nitrogen and oxygen atoms in total. The molecule has 1 saturated heterocycles. The Kier molecular flexibility index (Phi) is 5.79. The summed E-state index contributed by atoms with van der Waals surface area (Å²) in [5, 5.41) is 0. The zero-order valence-corrected chi connectivity index (χ0v) is 17.3. The summed E-state index contributed by atoms with van der Waals surface area (Å²) >= 11 is 0. The molecule has 1 atom stereocenters. The molecule has 2 heterocycles. The number of anilines is 1. The average Bonchev–Trinajstić information content (AvgIpc) is 3.21. The number of carbonyl (C=O) groups is 2. The first-order chi connectivity index (χ1) is 14.6. The van der Waals surface area contributed by atoms with E-state index >= 15 is 0 Å². The molecule has 0 bridgehead atoms. The van der Waals surface area contributed by atoms with Crippen LogP contribution in [0.5, 0.6) is 17.2 Å². The van der Waals surface area contributed by atoms with Crippen LogP contribution in [0.1, 0.15) is 30.9 Å². The quantitative estimate of drug-likeness (QED) is 0.757. The number of methoxy groups -OCH3 is 2. The minimum absolute atomic E-state index is 0.00297. The van der Waals surface area contributed by atoms with Gasteiger partial charge in [0.2, 0.25) is 11.8 Å². The van der Waals surface area contributed by atoms with Crippen molar-refractivity contribution in [2.24, 2.45) is 0 Å². The smallest absolute Gasteiger partial charge is 0.243 e. The molecular formula is C23H26N2O5. The van der Waals surface area contributed by atoms with Crippen molar-refractivity contribution in [3.05, 3.63) is 48.0 Å². The molecule has 2 amide bonds. The van der Waals surface area contributed by atoms with Gasteiger partial charge in [-0.25, -0.2) is 0 Å². The lowest BCUT2D eigenvalue weighted by Gasteiger charge is -2.29. The number of hydrogen-bond donors (Lipinski definition) is 0. The van der Waals surface area contributed by atoms with E-state index in [1.807, 2.05) is 47.4 Å². The number of para-hydroxylation sites is 2. The Bertz CT molecular complexity index is 945. The molecule has 2 aromatic carbocycles. The standard InChI is InChI=1S/C23H26N2O5/c1-28-20-10-9-16(14-21(20)29-2)17-7-5-12-24(17)23(27)15-25-18-6-3-4-8-19(18)30-13-11-22(25)26/h3-4,6,8-10,14,17H,5,7,11-13,15H2,1-2H3/t17-/m0/s1. The SMILES string of the molecule is COc1ccc([C@@H]2CCCN2C(=O)CN2C(=O)CCOc3ccccc32)cc1OC. The summed E-state index contributed by atoms with van der Waals surface area (Å²) in [6, 6.07) is 13.1. The van der Waals surface area contributed by atoms with Crippen LogP contribution in [0.4, 0.5) is 5.69 Å². The average molecular weight is 410 g/mol. The minimum Gasteiger partial charge on any atom is -0.493 e. The van der Waals surface area contributed by atoms with Crippen molar-refractivity contribution < 1.29 is 23.8 Å². The van der Waals surface area contributed by atoms with Crippen molar-refractivity contribution in [3.8, 4) is 17.2 Å². The molecule has 2 aliphatic rings. The molecule has 30 heavy (non-hydrogen) atoms. The van der Waals surface area contributed by atoms with Gasteiger partial charge in [-0.2, -0.15) is 0 Å². The minimum atomic E-state index is -0.102. The fraction of sp³-hybridized carbons (Fsp3) is 0.391. The predicted molar refractivity (Wildman–Crippen MR) is 112 cm³/mol. The number of nitrogens with zero attached hydrogens (tertiary/aromatic N) is 2. The van der Waals surface area contributed by atoms with Crippen LogP contribution in [0.25, 0.3) is 0 Å². The maximum Gasteiger partial charge on any atom is 0.243 e. The Labute approximate surface area is 176 Å². The number of carbonyl (C=O) groups excluding carboxylic acids is 2. The van der Waals surface area contributed by atoms with Crippen LogP contribution in [-0.4, -0.2) is 50.6 Å². The van der Waals surface area contributed by atoms with E-state index in [-0.39, 0.29) is 30.8 Å². The van der Waals surface area contributed by atoms with Crippen LogP contribution >= 0.6 is 0 Å². The Morgan fingerprint density at radius 1 is 1.13 bits per heavy atom. The number of benzene rings is 2. The van der Waals surface area contributed by atoms with Gasteiger partial charge in [-0.1, -0.05) is 18.2 Å². The van der Waals surface area contributed by atoms with E-state index in [1.165, 1.54) is 0 Å². The van der Waals surface area contributed by atoms with Gasteiger partial charge in [0.05, 0.1) is 39.0 Å².